The zero-order valence-corrected chi connectivity index (χ0v) is 14.6. The number of halogens is 3. The summed E-state index contributed by atoms with van der Waals surface area (Å²) in [6, 6.07) is 10.1. The van der Waals surface area contributed by atoms with Crippen LogP contribution in [0.25, 0.3) is 0 Å². The van der Waals surface area contributed by atoms with Crippen LogP contribution in [0.4, 0.5) is 18.0 Å². The van der Waals surface area contributed by atoms with Crippen LogP contribution in [0.15, 0.2) is 53.6 Å². The SMILES string of the molecule is O=C(NCCC(=O)c1cccn1S(=O)(=O)c1ccccc1)OCC(F)(F)F. The standard InChI is InChI=1S/C16H15F3N2O5S/c17-16(18,19)11-26-15(23)20-9-8-14(22)13-7-4-10-21(13)27(24,25)12-5-2-1-3-6-12/h1-7,10H,8-9,11H2,(H,20,23). The number of alkyl carbamates (subject to hydrolysis) is 1. The third-order valence-corrected chi connectivity index (χ3v) is 4.99. The van der Waals surface area contributed by atoms with Crippen molar-refractivity contribution in [3.8, 4) is 0 Å². The molecule has 0 atom stereocenters. The van der Waals surface area contributed by atoms with Gasteiger partial charge in [-0.3, -0.25) is 4.79 Å². The molecule has 0 bridgehead atoms. The van der Waals surface area contributed by atoms with Gasteiger partial charge in [0.15, 0.2) is 12.4 Å². The average molecular weight is 404 g/mol. The lowest BCUT2D eigenvalue weighted by atomic mass is 10.2. The van der Waals surface area contributed by atoms with Crippen LogP contribution in [-0.4, -0.2) is 43.6 Å². The van der Waals surface area contributed by atoms with E-state index in [1.807, 2.05) is 5.32 Å². The number of nitrogens with zero attached hydrogens (tertiary/aromatic N) is 1. The van der Waals surface area contributed by atoms with Crippen LogP contribution in [0.1, 0.15) is 16.9 Å². The van der Waals surface area contributed by atoms with Gasteiger partial charge >= 0.3 is 12.3 Å². The van der Waals surface area contributed by atoms with E-state index in [0.29, 0.717) is 0 Å². The van der Waals surface area contributed by atoms with Crippen LogP contribution >= 0.6 is 0 Å². The minimum Gasteiger partial charge on any atom is -0.440 e. The smallest absolute Gasteiger partial charge is 0.422 e. The molecular weight excluding hydrogens is 389 g/mol. The minimum atomic E-state index is -4.65. The van der Waals surface area contributed by atoms with Crippen LogP contribution in [0.5, 0.6) is 0 Å². The number of amides is 1. The Hall–Kier alpha value is -2.82. The number of aromatic nitrogens is 1. The first kappa shape index (κ1) is 20.5. The second-order valence-electron chi connectivity index (χ2n) is 5.30. The largest absolute Gasteiger partial charge is 0.440 e. The lowest BCUT2D eigenvalue weighted by Gasteiger charge is -2.11. The molecule has 0 fully saturated rings. The summed E-state index contributed by atoms with van der Waals surface area (Å²) in [5.74, 6) is -0.615. The topological polar surface area (TPSA) is 94.5 Å². The zero-order valence-electron chi connectivity index (χ0n) is 13.8. The summed E-state index contributed by atoms with van der Waals surface area (Å²) >= 11 is 0. The molecular formula is C16H15F3N2O5S. The van der Waals surface area contributed by atoms with Gasteiger partial charge in [0.05, 0.1) is 10.6 Å². The van der Waals surface area contributed by atoms with E-state index in [1.165, 1.54) is 42.6 Å². The van der Waals surface area contributed by atoms with Gasteiger partial charge < -0.3 is 10.1 Å². The molecule has 7 nitrogen and oxygen atoms in total. The molecule has 0 unspecified atom stereocenters. The maximum absolute atomic E-state index is 12.6. The first-order chi connectivity index (χ1) is 12.6. The fourth-order valence-electron chi connectivity index (χ4n) is 2.10. The molecule has 0 aliphatic heterocycles. The van der Waals surface area contributed by atoms with Gasteiger partial charge in [-0.15, -0.1) is 0 Å². The van der Waals surface area contributed by atoms with Crippen molar-refractivity contribution in [3.63, 3.8) is 0 Å². The Balaban J connectivity index is 1.99. The summed E-state index contributed by atoms with van der Waals surface area (Å²) in [5.41, 5.74) is -0.135. The Kier molecular flexibility index (Phi) is 6.26. The number of ether oxygens (including phenoxy) is 1. The van der Waals surface area contributed by atoms with Crippen molar-refractivity contribution in [3.05, 3.63) is 54.4 Å². The van der Waals surface area contributed by atoms with E-state index in [2.05, 4.69) is 4.74 Å². The molecule has 11 heteroatoms. The van der Waals surface area contributed by atoms with E-state index in [0.717, 1.165) is 3.97 Å². The van der Waals surface area contributed by atoms with E-state index in [9.17, 15) is 31.2 Å². The van der Waals surface area contributed by atoms with E-state index >= 15 is 0 Å². The van der Waals surface area contributed by atoms with Crippen molar-refractivity contribution in [2.45, 2.75) is 17.5 Å². The van der Waals surface area contributed by atoms with Crippen LogP contribution in [-0.2, 0) is 14.8 Å². The van der Waals surface area contributed by atoms with Crippen LogP contribution in [0, 0.1) is 0 Å². The predicted octanol–water partition coefficient (Wildman–Crippen LogP) is 2.59. The summed E-state index contributed by atoms with van der Waals surface area (Å²) < 4.78 is 65.7. The minimum absolute atomic E-state index is 0.0101. The number of benzene rings is 1. The van der Waals surface area contributed by atoms with E-state index in [-0.39, 0.29) is 23.6 Å². The molecule has 2 aromatic rings. The van der Waals surface area contributed by atoms with Crippen molar-refractivity contribution in [2.24, 2.45) is 0 Å². The third kappa shape index (κ3) is 5.58. The Morgan fingerprint density at radius 2 is 1.74 bits per heavy atom. The highest BCUT2D eigenvalue weighted by molar-refractivity contribution is 7.90. The first-order valence-electron chi connectivity index (χ1n) is 7.60. The first-order valence-corrected chi connectivity index (χ1v) is 9.04. The van der Waals surface area contributed by atoms with E-state index in [4.69, 9.17) is 0 Å². The Labute approximate surface area is 152 Å². The number of carbonyl (C=O) groups excluding carboxylic acids is 2. The fourth-order valence-corrected chi connectivity index (χ4v) is 3.48. The van der Waals surface area contributed by atoms with Gasteiger partial charge in [-0.2, -0.15) is 13.2 Å². The van der Waals surface area contributed by atoms with Crippen LogP contribution in [0.2, 0.25) is 0 Å². The quantitative estimate of drug-likeness (QED) is 0.716. The lowest BCUT2D eigenvalue weighted by molar-refractivity contribution is -0.160. The summed E-state index contributed by atoms with van der Waals surface area (Å²) in [4.78, 5) is 23.4. The highest BCUT2D eigenvalue weighted by Crippen LogP contribution is 2.17. The number of Topliss-reactive ketones (excluding diaryl/α,β-unsaturated/α-hetero) is 1. The molecule has 1 aromatic heterocycles. The summed E-state index contributed by atoms with van der Waals surface area (Å²) in [6.45, 7) is -2.06. The molecule has 0 aliphatic carbocycles. The van der Waals surface area contributed by atoms with Crippen molar-refractivity contribution in [1.82, 2.24) is 9.29 Å². The molecule has 146 valence electrons. The molecule has 1 aromatic carbocycles. The predicted molar refractivity (Wildman–Crippen MR) is 87.8 cm³/mol. The molecule has 0 saturated heterocycles. The molecule has 1 amide bonds. The Bertz CT molecular complexity index is 908. The molecule has 27 heavy (non-hydrogen) atoms. The highest BCUT2D eigenvalue weighted by atomic mass is 32.2. The molecule has 1 heterocycles. The van der Waals surface area contributed by atoms with Gasteiger partial charge in [-0.1, -0.05) is 18.2 Å². The maximum Gasteiger partial charge on any atom is 0.422 e. The average Bonchev–Trinajstić information content (AvgIpc) is 3.11. The van der Waals surface area contributed by atoms with Gasteiger partial charge in [0.1, 0.15) is 0 Å². The van der Waals surface area contributed by atoms with Crippen molar-refractivity contribution < 1.29 is 35.9 Å². The molecule has 0 spiro atoms. The summed E-state index contributed by atoms with van der Waals surface area (Å²) in [7, 11) is -3.98. The number of rotatable bonds is 7. The van der Waals surface area contributed by atoms with Gasteiger partial charge in [-0.25, -0.2) is 17.2 Å². The normalized spacial score (nSPS) is 11.8. The van der Waals surface area contributed by atoms with Crippen molar-refractivity contribution in [2.75, 3.05) is 13.2 Å². The van der Waals surface area contributed by atoms with Gasteiger partial charge in [-0.05, 0) is 24.3 Å². The third-order valence-electron chi connectivity index (χ3n) is 3.29. The second kappa shape index (κ2) is 8.25. The number of ketones is 1. The number of nitrogens with one attached hydrogen (secondary N) is 1. The Morgan fingerprint density at radius 3 is 2.37 bits per heavy atom. The maximum atomic E-state index is 12.6. The van der Waals surface area contributed by atoms with Crippen LogP contribution < -0.4 is 5.32 Å². The summed E-state index contributed by atoms with van der Waals surface area (Å²) in [5, 5.41) is 2.00. The number of hydrogen-bond donors (Lipinski definition) is 1. The van der Waals surface area contributed by atoms with Crippen molar-refractivity contribution >= 4 is 21.9 Å². The molecule has 0 saturated carbocycles. The molecule has 2 rings (SSSR count). The van der Waals surface area contributed by atoms with Gasteiger partial charge in [0, 0.05) is 19.2 Å². The second-order valence-corrected chi connectivity index (χ2v) is 7.11. The molecule has 0 aliphatic rings. The van der Waals surface area contributed by atoms with Crippen molar-refractivity contribution in [1.29, 1.82) is 0 Å². The van der Waals surface area contributed by atoms with E-state index < -0.39 is 34.7 Å². The monoisotopic (exact) mass is 404 g/mol. The van der Waals surface area contributed by atoms with Gasteiger partial charge in [0.2, 0.25) is 0 Å². The fraction of sp³-hybridized carbons (Fsp3) is 0.250. The van der Waals surface area contributed by atoms with E-state index in [1.54, 1.807) is 6.07 Å². The highest BCUT2D eigenvalue weighted by Gasteiger charge is 2.29. The molecule has 1 N–H and O–H groups in total. The molecule has 0 radical (unpaired) electrons. The van der Waals surface area contributed by atoms with Crippen LogP contribution in [0.3, 0.4) is 0 Å². The lowest BCUT2D eigenvalue weighted by Crippen LogP contribution is -2.30. The zero-order chi connectivity index (χ0) is 20.1. The summed E-state index contributed by atoms with van der Waals surface area (Å²) in [6.07, 6.45) is -5.09. The van der Waals surface area contributed by atoms with Gasteiger partial charge in [0.25, 0.3) is 10.0 Å². The Morgan fingerprint density at radius 1 is 1.07 bits per heavy atom. The number of hydrogen-bond acceptors (Lipinski definition) is 5. The number of carbonyl (C=O) groups is 2. The number of alkyl halides is 3.